The van der Waals surface area contributed by atoms with Gasteiger partial charge in [0.2, 0.25) is 5.91 Å². The lowest BCUT2D eigenvalue weighted by atomic mass is 9.95. The third-order valence-corrected chi connectivity index (χ3v) is 3.64. The van der Waals surface area contributed by atoms with E-state index in [0.717, 1.165) is 5.52 Å². The minimum Gasteiger partial charge on any atom is -0.481 e. The Balaban J connectivity index is 1.74. The van der Waals surface area contributed by atoms with Crippen molar-refractivity contribution >= 4 is 28.6 Å². The molecule has 3 aromatic rings. The summed E-state index contributed by atoms with van der Waals surface area (Å²) in [6, 6.07) is 13.9. The second-order valence-electron chi connectivity index (χ2n) is 5.31. The maximum absolute atomic E-state index is 12.2. The number of hydrogen-bond acceptors (Lipinski definition) is 4. The van der Waals surface area contributed by atoms with E-state index in [4.69, 9.17) is 0 Å². The molecule has 6 heteroatoms. The first-order chi connectivity index (χ1) is 11.6. The van der Waals surface area contributed by atoms with Gasteiger partial charge in [-0.1, -0.05) is 30.3 Å². The first-order valence-electron chi connectivity index (χ1n) is 7.42. The number of carbonyl (C=O) groups is 2. The van der Waals surface area contributed by atoms with E-state index in [2.05, 4.69) is 15.3 Å². The topological polar surface area (TPSA) is 92.2 Å². The summed E-state index contributed by atoms with van der Waals surface area (Å²) >= 11 is 0. The highest BCUT2D eigenvalue weighted by atomic mass is 16.4. The lowest BCUT2D eigenvalue weighted by Gasteiger charge is -2.13. The number of nitrogens with zero attached hydrogens (tertiary/aromatic N) is 2. The van der Waals surface area contributed by atoms with Crippen molar-refractivity contribution < 1.29 is 14.7 Å². The number of carboxylic acid groups (broad SMARTS) is 1. The van der Waals surface area contributed by atoms with Crippen LogP contribution < -0.4 is 5.32 Å². The summed E-state index contributed by atoms with van der Waals surface area (Å²) in [5, 5.41) is 12.1. The van der Waals surface area contributed by atoms with E-state index in [1.165, 1.54) is 0 Å². The number of anilines is 1. The smallest absolute Gasteiger partial charge is 0.311 e. The Labute approximate surface area is 138 Å². The molecule has 0 fully saturated rings. The molecule has 120 valence electrons. The quantitative estimate of drug-likeness (QED) is 0.754. The largest absolute Gasteiger partial charge is 0.481 e. The van der Waals surface area contributed by atoms with Crippen LogP contribution in [0.3, 0.4) is 0 Å². The van der Waals surface area contributed by atoms with Gasteiger partial charge in [-0.15, -0.1) is 0 Å². The molecule has 0 bridgehead atoms. The van der Waals surface area contributed by atoms with Crippen LogP contribution in [0.5, 0.6) is 0 Å². The highest BCUT2D eigenvalue weighted by molar-refractivity contribution is 5.95. The van der Waals surface area contributed by atoms with E-state index in [1.807, 2.05) is 0 Å². The van der Waals surface area contributed by atoms with Crippen LogP contribution in [0.15, 0.2) is 60.9 Å². The zero-order valence-corrected chi connectivity index (χ0v) is 12.7. The molecule has 1 unspecified atom stereocenters. The average molecular weight is 321 g/mol. The van der Waals surface area contributed by atoms with E-state index in [9.17, 15) is 14.7 Å². The predicted molar refractivity (Wildman–Crippen MR) is 89.6 cm³/mol. The summed E-state index contributed by atoms with van der Waals surface area (Å²) in [6.07, 6.45) is 3.03. The van der Waals surface area contributed by atoms with Gasteiger partial charge in [0.25, 0.3) is 0 Å². The zero-order chi connectivity index (χ0) is 16.9. The molecule has 2 N–H and O–H groups in total. The summed E-state index contributed by atoms with van der Waals surface area (Å²) in [6.45, 7) is 0. The Hall–Kier alpha value is -3.28. The van der Waals surface area contributed by atoms with Gasteiger partial charge in [0, 0.05) is 24.5 Å². The van der Waals surface area contributed by atoms with Crippen LogP contribution >= 0.6 is 0 Å². The van der Waals surface area contributed by atoms with Crippen molar-refractivity contribution in [3.63, 3.8) is 0 Å². The SMILES string of the molecule is O=C(CC(C(=O)O)c1ccccc1)Nc1ccc2nccnc2c1. The molecule has 0 aliphatic heterocycles. The monoisotopic (exact) mass is 321 g/mol. The molecule has 0 saturated heterocycles. The molecule has 0 aliphatic rings. The molecule has 3 rings (SSSR count). The maximum Gasteiger partial charge on any atom is 0.311 e. The summed E-state index contributed by atoms with van der Waals surface area (Å²) < 4.78 is 0. The molecule has 0 spiro atoms. The number of amides is 1. The van der Waals surface area contributed by atoms with Gasteiger partial charge < -0.3 is 10.4 Å². The summed E-state index contributed by atoms with van der Waals surface area (Å²) in [5.41, 5.74) is 2.55. The molecule has 0 aliphatic carbocycles. The fourth-order valence-electron chi connectivity index (χ4n) is 2.47. The van der Waals surface area contributed by atoms with E-state index >= 15 is 0 Å². The second-order valence-corrected chi connectivity index (χ2v) is 5.31. The van der Waals surface area contributed by atoms with Gasteiger partial charge in [-0.05, 0) is 23.8 Å². The zero-order valence-electron chi connectivity index (χ0n) is 12.7. The van der Waals surface area contributed by atoms with Gasteiger partial charge >= 0.3 is 5.97 Å². The number of aliphatic carboxylic acids is 1. The number of hydrogen-bond donors (Lipinski definition) is 2. The van der Waals surface area contributed by atoms with Gasteiger partial charge in [0.1, 0.15) is 0 Å². The number of carbonyl (C=O) groups excluding carboxylic acids is 1. The third kappa shape index (κ3) is 3.55. The Morgan fingerprint density at radius 1 is 1.00 bits per heavy atom. The van der Waals surface area contributed by atoms with Crippen molar-refractivity contribution in [2.24, 2.45) is 0 Å². The normalized spacial score (nSPS) is 11.8. The summed E-state index contributed by atoms with van der Waals surface area (Å²) in [5.74, 6) is -2.28. The number of fused-ring (bicyclic) bond motifs is 1. The highest BCUT2D eigenvalue weighted by Crippen LogP contribution is 2.21. The minimum atomic E-state index is -1.03. The van der Waals surface area contributed by atoms with Crippen LogP contribution in [-0.2, 0) is 9.59 Å². The predicted octanol–water partition coefficient (Wildman–Crippen LogP) is 2.83. The van der Waals surface area contributed by atoms with Crippen molar-refractivity contribution in [3.8, 4) is 0 Å². The van der Waals surface area contributed by atoms with Crippen LogP contribution in [-0.4, -0.2) is 27.0 Å². The van der Waals surface area contributed by atoms with Crippen molar-refractivity contribution in [1.82, 2.24) is 9.97 Å². The molecule has 6 nitrogen and oxygen atoms in total. The first kappa shape index (κ1) is 15.6. The summed E-state index contributed by atoms with van der Waals surface area (Å²) in [7, 11) is 0. The number of benzene rings is 2. The molecule has 1 aromatic heterocycles. The van der Waals surface area contributed by atoms with Crippen LogP contribution in [0, 0.1) is 0 Å². The van der Waals surface area contributed by atoms with Gasteiger partial charge in [-0.25, -0.2) is 0 Å². The molecule has 1 heterocycles. The molecule has 0 radical (unpaired) electrons. The second kappa shape index (κ2) is 6.87. The van der Waals surface area contributed by atoms with Crippen molar-refractivity contribution in [3.05, 3.63) is 66.5 Å². The molecule has 2 aromatic carbocycles. The van der Waals surface area contributed by atoms with Crippen molar-refractivity contribution in [2.45, 2.75) is 12.3 Å². The molecule has 1 amide bonds. The molecule has 0 saturated carbocycles. The van der Waals surface area contributed by atoms with Gasteiger partial charge in [0.15, 0.2) is 0 Å². The number of aromatic nitrogens is 2. The van der Waals surface area contributed by atoms with Crippen molar-refractivity contribution in [2.75, 3.05) is 5.32 Å². The van der Waals surface area contributed by atoms with Crippen LogP contribution in [0.1, 0.15) is 17.9 Å². The van der Waals surface area contributed by atoms with Gasteiger partial charge in [-0.2, -0.15) is 0 Å². The lowest BCUT2D eigenvalue weighted by Crippen LogP contribution is -2.20. The van der Waals surface area contributed by atoms with Gasteiger partial charge in [-0.3, -0.25) is 19.6 Å². The lowest BCUT2D eigenvalue weighted by molar-refractivity contribution is -0.140. The summed E-state index contributed by atoms with van der Waals surface area (Å²) in [4.78, 5) is 32.0. The Kier molecular flexibility index (Phi) is 4.47. The number of nitrogens with one attached hydrogen (secondary N) is 1. The molecule has 24 heavy (non-hydrogen) atoms. The molecular weight excluding hydrogens is 306 g/mol. The van der Waals surface area contributed by atoms with Gasteiger partial charge in [0.05, 0.1) is 17.0 Å². The van der Waals surface area contributed by atoms with Crippen molar-refractivity contribution in [1.29, 1.82) is 0 Å². The fourth-order valence-corrected chi connectivity index (χ4v) is 2.47. The molecular formula is C18H15N3O3. The van der Waals surface area contributed by atoms with E-state index in [-0.39, 0.29) is 12.3 Å². The van der Waals surface area contributed by atoms with E-state index < -0.39 is 11.9 Å². The first-order valence-corrected chi connectivity index (χ1v) is 7.42. The Bertz CT molecular complexity index is 881. The number of rotatable bonds is 5. The average Bonchev–Trinajstić information content (AvgIpc) is 2.60. The maximum atomic E-state index is 12.2. The Morgan fingerprint density at radius 2 is 1.71 bits per heavy atom. The van der Waals surface area contributed by atoms with E-state index in [1.54, 1.807) is 60.9 Å². The number of carboxylic acids is 1. The van der Waals surface area contributed by atoms with Crippen LogP contribution in [0.4, 0.5) is 5.69 Å². The van der Waals surface area contributed by atoms with Crippen LogP contribution in [0.25, 0.3) is 11.0 Å². The molecule has 1 atom stereocenters. The third-order valence-electron chi connectivity index (χ3n) is 3.64. The Morgan fingerprint density at radius 3 is 2.42 bits per heavy atom. The standard InChI is InChI=1S/C18H15N3O3/c22-17(11-14(18(23)24)12-4-2-1-3-5-12)21-13-6-7-15-16(10-13)20-9-8-19-15/h1-10,14H,11H2,(H,21,22)(H,23,24). The minimum absolute atomic E-state index is 0.141. The van der Waals surface area contributed by atoms with E-state index in [0.29, 0.717) is 16.8 Å². The fraction of sp³-hybridized carbons (Fsp3) is 0.111. The highest BCUT2D eigenvalue weighted by Gasteiger charge is 2.23. The van der Waals surface area contributed by atoms with Crippen LogP contribution in [0.2, 0.25) is 0 Å².